The quantitative estimate of drug-likeness (QED) is 0.753. The predicted octanol–water partition coefficient (Wildman–Crippen LogP) is 2.16. The largest absolute Gasteiger partial charge is 0.339 e. The van der Waals surface area contributed by atoms with Gasteiger partial charge in [-0.2, -0.15) is 0 Å². The van der Waals surface area contributed by atoms with Crippen molar-refractivity contribution in [2.24, 2.45) is 0 Å². The Morgan fingerprint density at radius 3 is 2.62 bits per heavy atom. The fourth-order valence-corrected chi connectivity index (χ4v) is 2.31. The molecule has 1 aliphatic rings. The van der Waals surface area contributed by atoms with Crippen molar-refractivity contribution in [3.05, 3.63) is 0 Å². The van der Waals surface area contributed by atoms with Crippen LogP contribution in [0.4, 0.5) is 0 Å². The monoisotopic (exact) mass is 226 g/mol. The van der Waals surface area contributed by atoms with Gasteiger partial charge in [0.2, 0.25) is 5.91 Å². The molecule has 1 heterocycles. The fourth-order valence-electron chi connectivity index (χ4n) is 2.31. The molecule has 1 saturated heterocycles. The standard InChI is InChI=1S/C13H26N2O/c1-5-6-7-11(4)14-12-8-9-15(10(2)3)13(12)16/h10-12,14H,5-9H2,1-4H3. The Labute approximate surface area is 99.6 Å². The Morgan fingerprint density at radius 1 is 1.44 bits per heavy atom. The van der Waals surface area contributed by atoms with E-state index in [0.29, 0.717) is 18.0 Å². The Morgan fingerprint density at radius 2 is 2.12 bits per heavy atom. The third kappa shape index (κ3) is 3.48. The van der Waals surface area contributed by atoms with Crippen molar-refractivity contribution in [1.29, 1.82) is 0 Å². The molecule has 3 nitrogen and oxygen atoms in total. The van der Waals surface area contributed by atoms with Gasteiger partial charge >= 0.3 is 0 Å². The van der Waals surface area contributed by atoms with Gasteiger partial charge in [-0.05, 0) is 33.6 Å². The first-order valence-electron chi connectivity index (χ1n) is 6.62. The van der Waals surface area contributed by atoms with Crippen molar-refractivity contribution >= 4 is 5.91 Å². The lowest BCUT2D eigenvalue weighted by Crippen LogP contribution is -2.44. The first-order valence-corrected chi connectivity index (χ1v) is 6.62. The van der Waals surface area contributed by atoms with Crippen LogP contribution in [0, 0.1) is 0 Å². The summed E-state index contributed by atoms with van der Waals surface area (Å²) in [5.41, 5.74) is 0. The molecule has 1 N–H and O–H groups in total. The second-order valence-corrected chi connectivity index (χ2v) is 5.18. The highest BCUT2D eigenvalue weighted by Gasteiger charge is 2.33. The van der Waals surface area contributed by atoms with Crippen LogP contribution in [0.1, 0.15) is 53.4 Å². The van der Waals surface area contributed by atoms with E-state index in [1.807, 2.05) is 4.90 Å². The van der Waals surface area contributed by atoms with Crippen molar-refractivity contribution < 1.29 is 4.79 Å². The van der Waals surface area contributed by atoms with Gasteiger partial charge in [0.25, 0.3) is 0 Å². The molecule has 1 rings (SSSR count). The second kappa shape index (κ2) is 6.24. The normalized spacial score (nSPS) is 23.2. The van der Waals surface area contributed by atoms with Crippen LogP contribution >= 0.6 is 0 Å². The highest BCUT2D eigenvalue weighted by molar-refractivity contribution is 5.84. The molecule has 3 heteroatoms. The highest BCUT2D eigenvalue weighted by Crippen LogP contribution is 2.15. The number of rotatable bonds is 6. The Hall–Kier alpha value is -0.570. The first kappa shape index (κ1) is 13.5. The number of carbonyl (C=O) groups excluding carboxylic acids is 1. The van der Waals surface area contributed by atoms with Crippen LogP contribution in [-0.2, 0) is 4.79 Å². The van der Waals surface area contributed by atoms with E-state index in [4.69, 9.17) is 0 Å². The third-order valence-electron chi connectivity index (χ3n) is 3.34. The highest BCUT2D eigenvalue weighted by atomic mass is 16.2. The number of unbranched alkanes of at least 4 members (excludes halogenated alkanes) is 1. The maximum absolute atomic E-state index is 12.0. The van der Waals surface area contributed by atoms with Crippen molar-refractivity contribution in [1.82, 2.24) is 10.2 Å². The summed E-state index contributed by atoms with van der Waals surface area (Å²) in [5.74, 6) is 0.290. The third-order valence-corrected chi connectivity index (χ3v) is 3.34. The number of likely N-dealkylation sites (tertiary alicyclic amines) is 1. The zero-order valence-electron chi connectivity index (χ0n) is 11.1. The molecular formula is C13H26N2O. The van der Waals surface area contributed by atoms with Gasteiger partial charge in [-0.15, -0.1) is 0 Å². The van der Waals surface area contributed by atoms with E-state index in [1.165, 1.54) is 19.3 Å². The zero-order chi connectivity index (χ0) is 12.1. The van der Waals surface area contributed by atoms with Crippen molar-refractivity contribution in [2.75, 3.05) is 6.54 Å². The summed E-state index contributed by atoms with van der Waals surface area (Å²) in [4.78, 5) is 14.0. The lowest BCUT2D eigenvalue weighted by Gasteiger charge is -2.22. The van der Waals surface area contributed by atoms with E-state index < -0.39 is 0 Å². The van der Waals surface area contributed by atoms with Gasteiger partial charge < -0.3 is 10.2 Å². The van der Waals surface area contributed by atoms with Gasteiger partial charge in [0.15, 0.2) is 0 Å². The van der Waals surface area contributed by atoms with Gasteiger partial charge in [0.1, 0.15) is 0 Å². The topological polar surface area (TPSA) is 32.3 Å². The number of hydrogen-bond acceptors (Lipinski definition) is 2. The van der Waals surface area contributed by atoms with Crippen molar-refractivity contribution in [3.8, 4) is 0 Å². The van der Waals surface area contributed by atoms with E-state index in [0.717, 1.165) is 13.0 Å². The van der Waals surface area contributed by atoms with Gasteiger partial charge in [-0.3, -0.25) is 4.79 Å². The van der Waals surface area contributed by atoms with Crippen molar-refractivity contribution in [3.63, 3.8) is 0 Å². The van der Waals surface area contributed by atoms with Crippen molar-refractivity contribution in [2.45, 2.75) is 71.5 Å². The minimum atomic E-state index is 0.0641. The minimum Gasteiger partial charge on any atom is -0.339 e. The molecule has 1 amide bonds. The van der Waals surface area contributed by atoms with Gasteiger partial charge in [0.05, 0.1) is 6.04 Å². The second-order valence-electron chi connectivity index (χ2n) is 5.18. The minimum absolute atomic E-state index is 0.0641. The number of carbonyl (C=O) groups is 1. The van der Waals surface area contributed by atoms with E-state index in [9.17, 15) is 4.79 Å². The lowest BCUT2D eigenvalue weighted by atomic mass is 10.1. The van der Waals surface area contributed by atoms with Gasteiger partial charge in [-0.1, -0.05) is 19.8 Å². The lowest BCUT2D eigenvalue weighted by molar-refractivity contribution is -0.130. The number of nitrogens with one attached hydrogen (secondary N) is 1. The molecule has 0 aromatic rings. The summed E-state index contributed by atoms with van der Waals surface area (Å²) >= 11 is 0. The van der Waals surface area contributed by atoms with Gasteiger partial charge in [0, 0.05) is 18.6 Å². The molecule has 0 aromatic heterocycles. The number of nitrogens with zero attached hydrogens (tertiary/aromatic N) is 1. The molecule has 16 heavy (non-hydrogen) atoms. The average molecular weight is 226 g/mol. The number of hydrogen-bond donors (Lipinski definition) is 1. The molecule has 94 valence electrons. The molecule has 0 radical (unpaired) electrons. The summed E-state index contributed by atoms with van der Waals surface area (Å²) in [6, 6.07) is 0.862. The van der Waals surface area contributed by atoms with E-state index >= 15 is 0 Å². The smallest absolute Gasteiger partial charge is 0.240 e. The van der Waals surface area contributed by atoms with Crippen LogP contribution in [-0.4, -0.2) is 35.5 Å². The van der Waals surface area contributed by atoms with Gasteiger partial charge in [-0.25, -0.2) is 0 Å². The summed E-state index contributed by atoms with van der Waals surface area (Å²) in [6.45, 7) is 9.46. The molecule has 2 atom stereocenters. The summed E-state index contributed by atoms with van der Waals surface area (Å²) in [6.07, 6.45) is 4.60. The first-order chi connectivity index (χ1) is 7.56. The van der Waals surface area contributed by atoms with Crippen LogP contribution in [0.5, 0.6) is 0 Å². The summed E-state index contributed by atoms with van der Waals surface area (Å²) in [5, 5.41) is 3.46. The molecule has 0 bridgehead atoms. The van der Waals surface area contributed by atoms with Crippen LogP contribution in [0.25, 0.3) is 0 Å². The molecule has 0 spiro atoms. The van der Waals surface area contributed by atoms with Crippen LogP contribution in [0.15, 0.2) is 0 Å². The molecule has 0 saturated carbocycles. The van der Waals surface area contributed by atoms with E-state index in [-0.39, 0.29) is 6.04 Å². The van der Waals surface area contributed by atoms with Crippen LogP contribution < -0.4 is 5.32 Å². The Balaban J connectivity index is 2.36. The van der Waals surface area contributed by atoms with E-state index in [2.05, 4.69) is 33.0 Å². The molecule has 0 aliphatic carbocycles. The molecular weight excluding hydrogens is 200 g/mol. The maximum atomic E-state index is 12.0. The maximum Gasteiger partial charge on any atom is 0.240 e. The molecule has 1 fully saturated rings. The van der Waals surface area contributed by atoms with Crippen LogP contribution in [0.2, 0.25) is 0 Å². The predicted molar refractivity (Wildman–Crippen MR) is 67.4 cm³/mol. The van der Waals surface area contributed by atoms with E-state index in [1.54, 1.807) is 0 Å². The zero-order valence-corrected chi connectivity index (χ0v) is 11.1. The molecule has 1 aliphatic heterocycles. The van der Waals surface area contributed by atoms with Crippen LogP contribution in [0.3, 0.4) is 0 Å². The fraction of sp³-hybridized carbons (Fsp3) is 0.923. The molecule has 0 aromatic carbocycles. The number of amides is 1. The average Bonchev–Trinajstić information content (AvgIpc) is 2.57. The SMILES string of the molecule is CCCCC(C)NC1CCN(C(C)C)C1=O. The Bertz CT molecular complexity index is 228. The summed E-state index contributed by atoms with van der Waals surface area (Å²) < 4.78 is 0. The Kier molecular flexibility index (Phi) is 5.26. The molecule has 2 unspecified atom stereocenters. The summed E-state index contributed by atoms with van der Waals surface area (Å²) in [7, 11) is 0.